The first kappa shape index (κ1) is 30.5. The largest absolute Gasteiger partial charge is 0.475 e. The molecule has 3 aromatic heterocycles. The second-order valence-electron chi connectivity index (χ2n) is 15.5. The number of nitrogens with zero attached hydrogens (tertiary/aromatic N) is 8. The number of likely N-dealkylation sites (tertiary alicyclic amines) is 1. The summed E-state index contributed by atoms with van der Waals surface area (Å²) in [5.74, 6) is 1.90. The van der Waals surface area contributed by atoms with Gasteiger partial charge in [-0.2, -0.15) is 10.2 Å². The van der Waals surface area contributed by atoms with Crippen LogP contribution in [0, 0.1) is 10.8 Å². The van der Waals surface area contributed by atoms with E-state index in [9.17, 15) is 9.59 Å². The van der Waals surface area contributed by atoms with Gasteiger partial charge < -0.3 is 14.5 Å². The fourth-order valence-electron chi connectivity index (χ4n) is 9.38. The number of pyridine rings is 1. The number of carbonyl (C=O) groups is 2. The summed E-state index contributed by atoms with van der Waals surface area (Å²) in [6.07, 6.45) is 11.9. The van der Waals surface area contributed by atoms with E-state index in [0.29, 0.717) is 37.5 Å². The topological polar surface area (TPSA) is 125 Å². The Kier molecular flexibility index (Phi) is 6.82. The van der Waals surface area contributed by atoms with E-state index in [0.717, 1.165) is 85.3 Å². The number of ether oxygens (including phenoxy) is 1. The first-order chi connectivity index (χ1) is 23.6. The molecular weight excluding hydrogens is 618 g/mol. The van der Waals surface area contributed by atoms with Gasteiger partial charge >= 0.3 is 0 Å². The van der Waals surface area contributed by atoms with Crippen molar-refractivity contribution < 1.29 is 14.3 Å². The number of hydrogen-bond donors (Lipinski definition) is 1. The van der Waals surface area contributed by atoms with E-state index < -0.39 is 5.41 Å². The van der Waals surface area contributed by atoms with Gasteiger partial charge in [-0.15, -0.1) is 0 Å². The molecule has 2 bridgehead atoms. The Morgan fingerprint density at radius 1 is 1.02 bits per heavy atom. The summed E-state index contributed by atoms with van der Waals surface area (Å²) in [5, 5.41) is 13.2. The molecule has 2 amide bonds. The first-order valence-corrected chi connectivity index (χ1v) is 17.6. The van der Waals surface area contributed by atoms with Crippen LogP contribution in [0.5, 0.6) is 5.88 Å². The van der Waals surface area contributed by atoms with Crippen molar-refractivity contribution in [3.05, 3.63) is 60.3 Å². The van der Waals surface area contributed by atoms with E-state index in [1.54, 1.807) is 17.2 Å². The lowest BCUT2D eigenvalue weighted by molar-refractivity contribution is -0.134. The monoisotopic (exact) mass is 661 g/mol. The number of hydrogen-bond acceptors (Lipinski definition) is 8. The Bertz CT molecular complexity index is 1980. The average Bonchev–Trinajstić information content (AvgIpc) is 3.84. The zero-order valence-corrected chi connectivity index (χ0v) is 28.5. The number of fused-ring (bicyclic) bond motifs is 1. The van der Waals surface area contributed by atoms with E-state index in [4.69, 9.17) is 4.74 Å². The zero-order valence-electron chi connectivity index (χ0n) is 28.5. The number of carbonyl (C=O) groups excluding carboxylic acids is 2. The number of H-pyrrole nitrogens is 1. The number of nitrogens with one attached hydrogen (secondary N) is 1. The molecule has 2 saturated heterocycles. The molecular formula is C37H43N9O3. The number of anilines is 1. The molecule has 6 heterocycles. The van der Waals surface area contributed by atoms with Crippen molar-refractivity contribution in [3.8, 4) is 17.1 Å². The third kappa shape index (κ3) is 4.89. The van der Waals surface area contributed by atoms with Gasteiger partial charge in [-0.3, -0.25) is 24.3 Å². The van der Waals surface area contributed by atoms with Crippen LogP contribution in [0.15, 0.2) is 54.5 Å². The predicted molar refractivity (Wildman–Crippen MR) is 184 cm³/mol. The summed E-state index contributed by atoms with van der Waals surface area (Å²) >= 11 is 0. The van der Waals surface area contributed by atoms with Crippen LogP contribution in [0.4, 0.5) is 5.69 Å². The van der Waals surface area contributed by atoms with Gasteiger partial charge in [-0.25, -0.2) is 9.97 Å². The van der Waals surface area contributed by atoms with Crippen LogP contribution in [-0.2, 0) is 22.1 Å². The van der Waals surface area contributed by atoms with Gasteiger partial charge in [0.05, 0.1) is 23.6 Å². The van der Waals surface area contributed by atoms with Crippen molar-refractivity contribution in [2.24, 2.45) is 17.9 Å². The quantitative estimate of drug-likeness (QED) is 0.278. The van der Waals surface area contributed by atoms with Gasteiger partial charge in [0.25, 0.3) is 0 Å². The number of rotatable bonds is 8. The SMILES string of the molecule is CC(C)Oc1ccc(-c2n[nH]c3ccc(N4CC[C@]5(CCN(CC(=O)N6CC=C(C78CC(c9ncn(C)n9)(C7)C8)CC6)C5)C4=O)cc23)cn1. The number of aryl methyl sites for hydroxylation is 1. The molecule has 49 heavy (non-hydrogen) atoms. The summed E-state index contributed by atoms with van der Waals surface area (Å²) in [6, 6.07) is 9.86. The van der Waals surface area contributed by atoms with Gasteiger partial charge in [0.2, 0.25) is 17.7 Å². The van der Waals surface area contributed by atoms with Crippen LogP contribution in [0.2, 0.25) is 0 Å². The Morgan fingerprint density at radius 2 is 1.86 bits per heavy atom. The molecule has 5 fully saturated rings. The van der Waals surface area contributed by atoms with Gasteiger partial charge in [0, 0.05) is 67.5 Å². The average molecular weight is 662 g/mol. The zero-order chi connectivity index (χ0) is 33.5. The van der Waals surface area contributed by atoms with Crippen LogP contribution in [-0.4, -0.2) is 96.9 Å². The van der Waals surface area contributed by atoms with Crippen LogP contribution in [0.3, 0.4) is 0 Å². The lowest BCUT2D eigenvalue weighted by Crippen LogP contribution is -2.66. The molecule has 0 unspecified atom stereocenters. The van der Waals surface area contributed by atoms with Crippen molar-refractivity contribution in [3.63, 3.8) is 0 Å². The molecule has 1 atom stereocenters. The lowest BCUT2D eigenvalue weighted by Gasteiger charge is -2.71. The number of aromatic amines is 1. The van der Waals surface area contributed by atoms with Crippen molar-refractivity contribution in [2.75, 3.05) is 44.2 Å². The maximum atomic E-state index is 14.0. The van der Waals surface area contributed by atoms with Crippen LogP contribution in [0.25, 0.3) is 22.2 Å². The van der Waals surface area contributed by atoms with Crippen LogP contribution < -0.4 is 9.64 Å². The second-order valence-corrected chi connectivity index (χ2v) is 15.5. The molecule has 1 aromatic carbocycles. The highest BCUT2D eigenvalue weighted by molar-refractivity contribution is 6.03. The fraction of sp³-hybridized carbons (Fsp3) is 0.514. The second kappa shape index (κ2) is 11.0. The summed E-state index contributed by atoms with van der Waals surface area (Å²) in [4.78, 5) is 42.6. The van der Waals surface area contributed by atoms with Crippen molar-refractivity contribution in [1.82, 2.24) is 39.7 Å². The van der Waals surface area contributed by atoms with E-state index in [-0.39, 0.29) is 23.3 Å². The van der Waals surface area contributed by atoms with E-state index in [1.807, 2.05) is 55.0 Å². The molecule has 1 N–H and O–H groups in total. The summed E-state index contributed by atoms with van der Waals surface area (Å²) < 4.78 is 7.50. The summed E-state index contributed by atoms with van der Waals surface area (Å²) in [7, 11) is 1.93. The Balaban J connectivity index is 0.819. The third-order valence-corrected chi connectivity index (χ3v) is 11.9. The molecule has 3 saturated carbocycles. The van der Waals surface area contributed by atoms with Crippen molar-refractivity contribution in [2.45, 2.75) is 63.9 Å². The van der Waals surface area contributed by atoms with Crippen molar-refractivity contribution in [1.29, 1.82) is 0 Å². The summed E-state index contributed by atoms with van der Waals surface area (Å²) in [5.41, 5.74) is 5.02. The Morgan fingerprint density at radius 3 is 2.57 bits per heavy atom. The van der Waals surface area contributed by atoms with E-state index >= 15 is 0 Å². The molecule has 10 rings (SSSR count). The molecule has 3 aliphatic heterocycles. The Labute approximate surface area is 285 Å². The highest BCUT2D eigenvalue weighted by Gasteiger charge is 2.71. The maximum absolute atomic E-state index is 14.0. The standard InChI is InChI=1S/C37H43N9O3/c1-24(2)49-30-7-4-25(17-38-30)32-28-16-27(5-6-29(28)40-41-32)46-15-11-35(34(46)48)10-14-44(22-35)18-31(47)45-12-8-26(9-13-45)36-19-37(20-36,21-36)33-39-23-43(3)42-33/h4-8,16-17,23-24H,9-15,18-22H2,1-3H3,(H,40,41)/t35-,36?,37?/m0/s1. The minimum Gasteiger partial charge on any atom is -0.475 e. The lowest BCUT2D eigenvalue weighted by atomic mass is 9.32. The van der Waals surface area contributed by atoms with Crippen LogP contribution >= 0.6 is 0 Å². The Hall–Kier alpha value is -4.58. The molecule has 254 valence electrons. The number of aromatic nitrogens is 6. The highest BCUT2D eigenvalue weighted by atomic mass is 16.5. The van der Waals surface area contributed by atoms with E-state index in [1.165, 1.54) is 5.57 Å². The highest BCUT2D eigenvalue weighted by Crippen LogP contribution is 2.76. The molecule has 4 aromatic rings. The summed E-state index contributed by atoms with van der Waals surface area (Å²) in [6.45, 7) is 7.84. The van der Waals surface area contributed by atoms with Crippen molar-refractivity contribution >= 4 is 28.4 Å². The van der Waals surface area contributed by atoms with E-state index in [2.05, 4.69) is 42.3 Å². The fourth-order valence-corrected chi connectivity index (χ4v) is 9.38. The number of benzene rings is 1. The minimum absolute atomic E-state index is 0.0503. The smallest absolute Gasteiger partial charge is 0.237 e. The van der Waals surface area contributed by atoms with Gasteiger partial charge in [0.1, 0.15) is 12.0 Å². The number of amides is 2. The van der Waals surface area contributed by atoms with Gasteiger partial charge in [0.15, 0.2) is 5.82 Å². The molecule has 6 aliphatic rings. The maximum Gasteiger partial charge on any atom is 0.237 e. The van der Waals surface area contributed by atoms with Gasteiger partial charge in [-0.1, -0.05) is 11.6 Å². The molecule has 12 nitrogen and oxygen atoms in total. The normalized spacial score (nSPS) is 28.0. The third-order valence-electron chi connectivity index (χ3n) is 11.9. The molecule has 0 radical (unpaired) electrons. The molecule has 3 aliphatic carbocycles. The van der Waals surface area contributed by atoms with Crippen LogP contribution in [0.1, 0.15) is 58.2 Å². The minimum atomic E-state index is -0.442. The predicted octanol–water partition coefficient (Wildman–Crippen LogP) is 4.25. The molecule has 12 heteroatoms. The van der Waals surface area contributed by atoms with Gasteiger partial charge in [-0.05, 0) is 88.6 Å². The first-order valence-electron chi connectivity index (χ1n) is 17.6. The molecule has 1 spiro atoms.